The number of sulfone groups is 1. The number of hydrogen-bond acceptors (Lipinski definition) is 6. The molecule has 3 aliphatic rings. The molecule has 0 spiro atoms. The zero-order chi connectivity index (χ0) is 29.8. The Morgan fingerprint density at radius 1 is 0.837 bits per heavy atom. The van der Waals surface area contributed by atoms with Crippen molar-refractivity contribution < 1.29 is 18.3 Å². The molecule has 43 heavy (non-hydrogen) atoms. The molecule has 228 valence electrons. The Morgan fingerprint density at radius 2 is 1.53 bits per heavy atom. The number of phenolic OH excluding ortho intramolecular Hbond substituents is 1. The summed E-state index contributed by atoms with van der Waals surface area (Å²) in [5.41, 5.74) is 3.74. The van der Waals surface area contributed by atoms with Gasteiger partial charge in [0.25, 0.3) is 0 Å². The first-order chi connectivity index (χ1) is 20.9. The van der Waals surface area contributed by atoms with E-state index in [1.165, 1.54) is 38.5 Å². The second-order valence-electron chi connectivity index (χ2n) is 12.4. The van der Waals surface area contributed by atoms with Gasteiger partial charge in [-0.3, -0.25) is 4.79 Å². The van der Waals surface area contributed by atoms with Gasteiger partial charge in [0.1, 0.15) is 11.8 Å². The molecule has 3 aromatic rings. The average Bonchev–Trinajstić information content (AvgIpc) is 3.71. The third-order valence-electron chi connectivity index (χ3n) is 9.55. The number of aromatic hydroxyl groups is 1. The Bertz CT molecular complexity index is 1520. The normalized spacial score (nSPS) is 21.3. The lowest BCUT2D eigenvalue weighted by Gasteiger charge is -2.28. The number of rotatable bonds is 7. The highest BCUT2D eigenvalue weighted by Crippen LogP contribution is 2.46. The maximum atomic E-state index is 13.7. The molecule has 2 atom stereocenters. The summed E-state index contributed by atoms with van der Waals surface area (Å²) in [6.45, 7) is 2.22. The second-order valence-corrected chi connectivity index (χ2v) is 14.4. The van der Waals surface area contributed by atoms with Gasteiger partial charge < -0.3 is 20.6 Å². The standard InChI is InChI=1S/C35H43N3O4S/c39-28-16-19-32-31(23-28)33(26-10-5-3-1-2-4-6-11-26)34(37-32)35(40)36-24-25-14-17-29(18-15-25)43(41,42)30-13-9-12-27(22-30)38-20-7-8-21-38/h9,12-19,22-23,26,33-34,37,39H,1-8,10-11,20-21,24H2,(H,36,40). The summed E-state index contributed by atoms with van der Waals surface area (Å²) in [6.07, 6.45) is 11.8. The molecule has 2 heterocycles. The van der Waals surface area contributed by atoms with E-state index in [1.807, 2.05) is 24.3 Å². The van der Waals surface area contributed by atoms with Crippen LogP contribution in [0.3, 0.4) is 0 Å². The number of anilines is 2. The van der Waals surface area contributed by atoms with Gasteiger partial charge in [-0.2, -0.15) is 0 Å². The maximum absolute atomic E-state index is 13.7. The number of fused-ring (bicyclic) bond motifs is 1. The van der Waals surface area contributed by atoms with Gasteiger partial charge in [0.2, 0.25) is 15.7 Å². The number of nitrogens with one attached hydrogen (secondary N) is 2. The quantitative estimate of drug-likeness (QED) is 0.259. The smallest absolute Gasteiger partial charge is 0.243 e. The van der Waals surface area contributed by atoms with Crippen LogP contribution in [0, 0.1) is 5.92 Å². The molecule has 1 amide bonds. The molecule has 2 unspecified atom stereocenters. The van der Waals surface area contributed by atoms with Crippen molar-refractivity contribution in [3.8, 4) is 5.75 Å². The van der Waals surface area contributed by atoms with Crippen LogP contribution in [0.15, 0.2) is 76.5 Å². The van der Waals surface area contributed by atoms with E-state index in [2.05, 4.69) is 15.5 Å². The van der Waals surface area contributed by atoms with Crippen LogP contribution in [0.4, 0.5) is 11.4 Å². The molecule has 1 saturated heterocycles. The van der Waals surface area contributed by atoms with Crippen molar-refractivity contribution in [3.63, 3.8) is 0 Å². The summed E-state index contributed by atoms with van der Waals surface area (Å²) in [4.78, 5) is 16.4. The molecule has 6 rings (SSSR count). The Morgan fingerprint density at radius 3 is 2.26 bits per heavy atom. The summed E-state index contributed by atoms with van der Waals surface area (Å²) >= 11 is 0. The Labute approximate surface area is 255 Å². The Balaban J connectivity index is 1.14. The number of phenols is 1. The van der Waals surface area contributed by atoms with Gasteiger partial charge in [0, 0.05) is 36.9 Å². The van der Waals surface area contributed by atoms with Crippen molar-refractivity contribution in [1.29, 1.82) is 0 Å². The first-order valence-corrected chi connectivity index (χ1v) is 17.4. The van der Waals surface area contributed by atoms with Gasteiger partial charge in [0.15, 0.2) is 0 Å². The number of amides is 1. The van der Waals surface area contributed by atoms with Crippen LogP contribution in [-0.2, 0) is 21.2 Å². The highest BCUT2D eigenvalue weighted by atomic mass is 32.2. The van der Waals surface area contributed by atoms with Gasteiger partial charge >= 0.3 is 0 Å². The second kappa shape index (κ2) is 13.0. The number of nitrogens with zero attached hydrogens (tertiary/aromatic N) is 1. The molecular weight excluding hydrogens is 558 g/mol. The van der Waals surface area contributed by atoms with Gasteiger partial charge in [-0.15, -0.1) is 0 Å². The van der Waals surface area contributed by atoms with E-state index >= 15 is 0 Å². The third kappa shape index (κ3) is 6.54. The van der Waals surface area contributed by atoms with Crippen molar-refractivity contribution >= 4 is 27.1 Å². The summed E-state index contributed by atoms with van der Waals surface area (Å²) in [5.74, 6) is 0.533. The molecule has 1 aliphatic carbocycles. The van der Waals surface area contributed by atoms with Crippen LogP contribution < -0.4 is 15.5 Å². The fraction of sp³-hybridized carbons (Fsp3) is 0.457. The minimum atomic E-state index is -3.66. The lowest BCUT2D eigenvalue weighted by Crippen LogP contribution is -2.42. The number of hydrogen-bond donors (Lipinski definition) is 3. The van der Waals surface area contributed by atoms with Gasteiger partial charge in [-0.25, -0.2) is 8.42 Å². The van der Waals surface area contributed by atoms with E-state index in [9.17, 15) is 18.3 Å². The lowest BCUT2D eigenvalue weighted by atomic mass is 9.77. The minimum Gasteiger partial charge on any atom is -0.508 e. The Kier molecular flexibility index (Phi) is 8.93. The monoisotopic (exact) mass is 601 g/mol. The van der Waals surface area contributed by atoms with E-state index < -0.39 is 15.9 Å². The van der Waals surface area contributed by atoms with E-state index in [1.54, 1.807) is 42.5 Å². The predicted octanol–water partition coefficient (Wildman–Crippen LogP) is 6.77. The molecule has 3 N–H and O–H groups in total. The molecule has 0 radical (unpaired) electrons. The fourth-order valence-corrected chi connectivity index (χ4v) is 8.52. The van der Waals surface area contributed by atoms with Crippen molar-refractivity contribution in [2.75, 3.05) is 23.3 Å². The molecule has 1 saturated carbocycles. The third-order valence-corrected chi connectivity index (χ3v) is 11.3. The first kappa shape index (κ1) is 29.5. The van der Waals surface area contributed by atoms with Crippen LogP contribution >= 0.6 is 0 Å². The largest absolute Gasteiger partial charge is 0.508 e. The first-order valence-electron chi connectivity index (χ1n) is 16.0. The van der Waals surface area contributed by atoms with E-state index in [0.29, 0.717) is 17.4 Å². The minimum absolute atomic E-state index is 0.00374. The van der Waals surface area contributed by atoms with Gasteiger partial charge in [0.05, 0.1) is 9.79 Å². The van der Waals surface area contributed by atoms with Gasteiger partial charge in [-0.05, 0) is 91.3 Å². The molecule has 0 aromatic heterocycles. The summed E-state index contributed by atoms with van der Waals surface area (Å²) in [7, 11) is -3.66. The topological polar surface area (TPSA) is 98.7 Å². The number of carbonyl (C=O) groups excluding carboxylic acids is 1. The maximum Gasteiger partial charge on any atom is 0.243 e. The van der Waals surface area contributed by atoms with E-state index in [4.69, 9.17) is 0 Å². The highest BCUT2D eigenvalue weighted by molar-refractivity contribution is 7.91. The predicted molar refractivity (Wildman–Crippen MR) is 170 cm³/mol. The van der Waals surface area contributed by atoms with Crippen LogP contribution in [0.25, 0.3) is 0 Å². The zero-order valence-corrected chi connectivity index (χ0v) is 25.6. The molecule has 7 nitrogen and oxygen atoms in total. The van der Waals surface area contributed by atoms with E-state index in [0.717, 1.165) is 61.3 Å². The Hall–Kier alpha value is -3.52. The lowest BCUT2D eigenvalue weighted by molar-refractivity contribution is -0.122. The van der Waals surface area contributed by atoms with Crippen molar-refractivity contribution in [1.82, 2.24) is 5.32 Å². The molecular formula is C35H43N3O4S. The SMILES string of the molecule is O=C(NCc1ccc(S(=O)(=O)c2cccc(N3CCCC3)c2)cc1)C1Nc2ccc(O)cc2C1C1CCCCCCCC1. The van der Waals surface area contributed by atoms with Crippen molar-refractivity contribution in [3.05, 3.63) is 77.9 Å². The summed E-state index contributed by atoms with van der Waals surface area (Å²) in [6, 6.07) is 19.0. The fourth-order valence-electron chi connectivity index (χ4n) is 7.22. The molecule has 8 heteroatoms. The average molecular weight is 602 g/mol. The number of benzene rings is 3. The van der Waals surface area contributed by atoms with E-state index in [-0.39, 0.29) is 22.5 Å². The number of carbonyl (C=O) groups is 1. The zero-order valence-electron chi connectivity index (χ0n) is 24.8. The summed E-state index contributed by atoms with van der Waals surface area (Å²) in [5, 5.41) is 16.8. The highest BCUT2D eigenvalue weighted by Gasteiger charge is 2.41. The molecule has 2 fully saturated rings. The molecule has 0 bridgehead atoms. The van der Waals surface area contributed by atoms with Crippen LogP contribution in [0.2, 0.25) is 0 Å². The van der Waals surface area contributed by atoms with Gasteiger partial charge in [-0.1, -0.05) is 56.7 Å². The molecule has 3 aromatic carbocycles. The van der Waals surface area contributed by atoms with Crippen molar-refractivity contribution in [2.45, 2.75) is 92.5 Å². The van der Waals surface area contributed by atoms with Crippen LogP contribution in [-0.4, -0.2) is 38.6 Å². The molecule has 2 aliphatic heterocycles. The summed E-state index contributed by atoms with van der Waals surface area (Å²) < 4.78 is 26.8. The van der Waals surface area contributed by atoms with Crippen molar-refractivity contribution in [2.24, 2.45) is 5.92 Å². The van der Waals surface area contributed by atoms with Crippen LogP contribution in [0.5, 0.6) is 5.75 Å². The van der Waals surface area contributed by atoms with Crippen LogP contribution in [0.1, 0.15) is 81.3 Å².